The van der Waals surface area contributed by atoms with Crippen LogP contribution in [0.1, 0.15) is 30.5 Å². The summed E-state index contributed by atoms with van der Waals surface area (Å²) in [6.45, 7) is 2.66. The fourth-order valence-electron chi connectivity index (χ4n) is 1.49. The highest BCUT2D eigenvalue weighted by atomic mass is 35.5. The third-order valence-corrected chi connectivity index (χ3v) is 2.79. The SMILES string of the molecule is CCCCNC(=O)c1nc(-c2ccc(Cl)cc2)no1. The van der Waals surface area contributed by atoms with E-state index in [2.05, 4.69) is 22.4 Å². The van der Waals surface area contributed by atoms with Gasteiger partial charge in [0.25, 0.3) is 0 Å². The van der Waals surface area contributed by atoms with Crippen LogP contribution in [0.15, 0.2) is 28.8 Å². The lowest BCUT2D eigenvalue weighted by molar-refractivity contribution is 0.0909. The molecule has 0 aliphatic carbocycles. The number of nitrogens with zero attached hydrogens (tertiary/aromatic N) is 2. The third-order valence-electron chi connectivity index (χ3n) is 2.54. The zero-order valence-electron chi connectivity index (χ0n) is 10.5. The van der Waals surface area contributed by atoms with Gasteiger partial charge in [0, 0.05) is 17.1 Å². The minimum absolute atomic E-state index is 0.0268. The highest BCUT2D eigenvalue weighted by Crippen LogP contribution is 2.18. The Balaban J connectivity index is 2.06. The van der Waals surface area contributed by atoms with E-state index in [1.54, 1.807) is 24.3 Å². The Morgan fingerprint density at radius 1 is 1.37 bits per heavy atom. The van der Waals surface area contributed by atoms with Crippen LogP contribution in [-0.4, -0.2) is 22.6 Å². The lowest BCUT2D eigenvalue weighted by Crippen LogP contribution is -2.24. The van der Waals surface area contributed by atoms with Crippen molar-refractivity contribution in [3.05, 3.63) is 35.2 Å². The third kappa shape index (κ3) is 3.54. The van der Waals surface area contributed by atoms with Gasteiger partial charge in [0.1, 0.15) is 0 Å². The molecule has 2 rings (SSSR count). The summed E-state index contributed by atoms with van der Waals surface area (Å²) < 4.78 is 4.94. The molecule has 1 amide bonds. The number of rotatable bonds is 5. The second-order valence-corrected chi connectivity index (χ2v) is 4.48. The average Bonchev–Trinajstić information content (AvgIpc) is 2.89. The van der Waals surface area contributed by atoms with E-state index in [1.165, 1.54) is 0 Å². The Labute approximate surface area is 116 Å². The lowest BCUT2D eigenvalue weighted by atomic mass is 10.2. The Morgan fingerprint density at radius 2 is 2.11 bits per heavy atom. The Morgan fingerprint density at radius 3 is 2.79 bits per heavy atom. The smallest absolute Gasteiger partial charge is 0.316 e. The summed E-state index contributed by atoms with van der Waals surface area (Å²) in [6.07, 6.45) is 1.93. The first-order valence-corrected chi connectivity index (χ1v) is 6.46. The van der Waals surface area contributed by atoms with Crippen LogP contribution in [0.25, 0.3) is 11.4 Å². The minimum Gasteiger partial charge on any atom is -0.348 e. The number of carbonyl (C=O) groups excluding carboxylic acids is 1. The van der Waals surface area contributed by atoms with Crippen molar-refractivity contribution in [1.29, 1.82) is 0 Å². The number of benzene rings is 1. The Hall–Kier alpha value is -1.88. The van der Waals surface area contributed by atoms with E-state index in [1.807, 2.05) is 0 Å². The molecule has 0 fully saturated rings. The van der Waals surface area contributed by atoms with E-state index in [4.69, 9.17) is 16.1 Å². The molecule has 1 aromatic carbocycles. The van der Waals surface area contributed by atoms with Crippen molar-refractivity contribution in [3.8, 4) is 11.4 Å². The molecule has 0 unspecified atom stereocenters. The standard InChI is InChI=1S/C13H14ClN3O2/c1-2-3-8-15-12(18)13-16-11(17-19-13)9-4-6-10(14)7-5-9/h4-7H,2-3,8H2,1H3,(H,15,18). The molecule has 0 saturated heterocycles. The van der Waals surface area contributed by atoms with Crippen molar-refractivity contribution in [2.75, 3.05) is 6.54 Å². The van der Waals surface area contributed by atoms with Crippen LogP contribution in [-0.2, 0) is 0 Å². The number of nitrogens with one attached hydrogen (secondary N) is 1. The molecule has 0 aliphatic heterocycles. The number of hydrogen-bond acceptors (Lipinski definition) is 4. The molecular weight excluding hydrogens is 266 g/mol. The second-order valence-electron chi connectivity index (χ2n) is 4.04. The summed E-state index contributed by atoms with van der Waals surface area (Å²) >= 11 is 5.80. The van der Waals surface area contributed by atoms with E-state index in [9.17, 15) is 4.79 Å². The van der Waals surface area contributed by atoms with Crippen molar-refractivity contribution in [3.63, 3.8) is 0 Å². The molecule has 5 nitrogen and oxygen atoms in total. The number of carbonyl (C=O) groups is 1. The van der Waals surface area contributed by atoms with Crippen LogP contribution in [0.3, 0.4) is 0 Å². The van der Waals surface area contributed by atoms with Gasteiger partial charge in [0.2, 0.25) is 5.82 Å². The number of hydrogen-bond donors (Lipinski definition) is 1. The van der Waals surface area contributed by atoms with Crippen molar-refractivity contribution in [2.45, 2.75) is 19.8 Å². The van der Waals surface area contributed by atoms with Crippen molar-refractivity contribution in [1.82, 2.24) is 15.5 Å². The maximum Gasteiger partial charge on any atom is 0.316 e. The van der Waals surface area contributed by atoms with Crippen LogP contribution < -0.4 is 5.32 Å². The summed E-state index contributed by atoms with van der Waals surface area (Å²) in [4.78, 5) is 15.7. The lowest BCUT2D eigenvalue weighted by Gasteiger charge is -1.98. The van der Waals surface area contributed by atoms with E-state index < -0.39 is 0 Å². The largest absolute Gasteiger partial charge is 0.348 e. The summed E-state index contributed by atoms with van der Waals surface area (Å²) in [5.74, 6) is -0.000440. The van der Waals surface area contributed by atoms with Crippen LogP contribution in [0, 0.1) is 0 Å². The molecule has 0 aliphatic rings. The molecule has 0 spiro atoms. The van der Waals surface area contributed by atoms with Crippen molar-refractivity contribution < 1.29 is 9.32 Å². The van der Waals surface area contributed by atoms with Crippen LogP contribution in [0.5, 0.6) is 0 Å². The minimum atomic E-state index is -0.346. The maximum absolute atomic E-state index is 11.7. The maximum atomic E-state index is 11.7. The molecule has 1 heterocycles. The van der Waals surface area contributed by atoms with Gasteiger partial charge in [-0.3, -0.25) is 4.79 Å². The van der Waals surface area contributed by atoms with Crippen LogP contribution >= 0.6 is 11.6 Å². The number of halogens is 1. The molecule has 2 aromatic rings. The molecule has 6 heteroatoms. The van der Waals surface area contributed by atoms with E-state index >= 15 is 0 Å². The zero-order valence-corrected chi connectivity index (χ0v) is 11.3. The van der Waals surface area contributed by atoms with Gasteiger partial charge < -0.3 is 9.84 Å². The first-order chi connectivity index (χ1) is 9.20. The fraction of sp³-hybridized carbons (Fsp3) is 0.308. The van der Waals surface area contributed by atoms with Gasteiger partial charge in [-0.25, -0.2) is 0 Å². The van der Waals surface area contributed by atoms with Crippen molar-refractivity contribution in [2.24, 2.45) is 0 Å². The topological polar surface area (TPSA) is 68.0 Å². The fourth-order valence-corrected chi connectivity index (χ4v) is 1.61. The number of amides is 1. The predicted molar refractivity (Wildman–Crippen MR) is 72.0 cm³/mol. The van der Waals surface area contributed by atoms with Crippen molar-refractivity contribution >= 4 is 17.5 Å². The van der Waals surface area contributed by atoms with Gasteiger partial charge >= 0.3 is 11.8 Å². The Kier molecular flexibility index (Phi) is 4.52. The highest BCUT2D eigenvalue weighted by molar-refractivity contribution is 6.30. The summed E-state index contributed by atoms with van der Waals surface area (Å²) in [5.41, 5.74) is 0.751. The molecular formula is C13H14ClN3O2. The number of aromatic nitrogens is 2. The van der Waals surface area contributed by atoms with Gasteiger partial charge in [-0.2, -0.15) is 4.98 Å². The summed E-state index contributed by atoms with van der Waals surface area (Å²) in [7, 11) is 0. The van der Waals surface area contributed by atoms with Crippen LogP contribution in [0.4, 0.5) is 0 Å². The second kappa shape index (κ2) is 6.33. The monoisotopic (exact) mass is 279 g/mol. The van der Waals surface area contributed by atoms with E-state index in [0.29, 0.717) is 17.4 Å². The van der Waals surface area contributed by atoms with E-state index in [-0.39, 0.29) is 11.8 Å². The van der Waals surface area contributed by atoms with Gasteiger partial charge in [0.05, 0.1) is 0 Å². The molecule has 100 valence electrons. The normalized spacial score (nSPS) is 10.4. The van der Waals surface area contributed by atoms with Gasteiger partial charge in [-0.05, 0) is 30.7 Å². The molecule has 0 saturated carbocycles. The van der Waals surface area contributed by atoms with Crippen LogP contribution in [0.2, 0.25) is 5.02 Å². The Bertz CT molecular complexity index is 551. The molecule has 0 atom stereocenters. The first-order valence-electron chi connectivity index (χ1n) is 6.08. The summed E-state index contributed by atoms with van der Waals surface area (Å²) in [6, 6.07) is 7.00. The summed E-state index contributed by atoms with van der Waals surface area (Å²) in [5, 5.41) is 7.12. The van der Waals surface area contributed by atoms with Gasteiger partial charge in [-0.1, -0.05) is 30.1 Å². The zero-order chi connectivity index (χ0) is 13.7. The predicted octanol–water partition coefficient (Wildman–Crippen LogP) is 2.92. The molecule has 19 heavy (non-hydrogen) atoms. The van der Waals surface area contributed by atoms with Gasteiger partial charge in [0.15, 0.2) is 0 Å². The van der Waals surface area contributed by atoms with Gasteiger partial charge in [-0.15, -0.1) is 0 Å². The highest BCUT2D eigenvalue weighted by Gasteiger charge is 2.15. The quantitative estimate of drug-likeness (QED) is 0.855. The molecule has 0 radical (unpaired) electrons. The first kappa shape index (κ1) is 13.5. The average molecular weight is 280 g/mol. The molecule has 1 aromatic heterocycles. The number of unbranched alkanes of at least 4 members (excludes halogenated alkanes) is 1. The molecule has 1 N–H and O–H groups in total. The van der Waals surface area contributed by atoms with E-state index in [0.717, 1.165) is 18.4 Å². The molecule has 0 bridgehead atoms.